The summed E-state index contributed by atoms with van der Waals surface area (Å²) >= 11 is 3.14. The highest BCUT2D eigenvalue weighted by Gasteiger charge is 2.30. The lowest BCUT2D eigenvalue weighted by atomic mass is 10.1. The molecule has 2 N–H and O–H groups in total. The zero-order chi connectivity index (χ0) is 19.7. The van der Waals surface area contributed by atoms with E-state index in [1.807, 2.05) is 6.92 Å². The molecular formula is C18H22N4O3S2. The molecule has 1 aliphatic heterocycles. The van der Waals surface area contributed by atoms with Crippen molar-refractivity contribution in [3.63, 3.8) is 0 Å². The molecule has 0 bridgehead atoms. The van der Waals surface area contributed by atoms with Crippen molar-refractivity contribution in [2.75, 3.05) is 12.4 Å². The molecule has 7 nitrogen and oxygen atoms in total. The number of hydrogen-bond donors (Lipinski definition) is 2. The Morgan fingerprint density at radius 1 is 1.30 bits per heavy atom. The minimum atomic E-state index is -0.417. The van der Waals surface area contributed by atoms with Crippen molar-refractivity contribution in [2.24, 2.45) is 0 Å². The highest BCUT2D eigenvalue weighted by Crippen LogP contribution is 2.36. The first kappa shape index (κ1) is 19.6. The molecule has 0 saturated carbocycles. The topological polar surface area (TPSA) is 93.2 Å². The molecule has 2 aromatic heterocycles. The van der Waals surface area contributed by atoms with Gasteiger partial charge in [0, 0.05) is 21.7 Å². The van der Waals surface area contributed by atoms with E-state index in [2.05, 4.69) is 34.4 Å². The summed E-state index contributed by atoms with van der Waals surface area (Å²) in [5.41, 5.74) is 2.17. The summed E-state index contributed by atoms with van der Waals surface area (Å²) in [4.78, 5) is 35.6. The molecule has 144 valence electrons. The van der Waals surface area contributed by atoms with Crippen LogP contribution < -0.4 is 10.6 Å². The van der Waals surface area contributed by atoms with E-state index in [1.165, 1.54) is 22.2 Å². The number of fused-ring (bicyclic) bond motifs is 1. The molecule has 0 unspecified atom stereocenters. The summed E-state index contributed by atoms with van der Waals surface area (Å²) in [6, 6.07) is -0.733. The monoisotopic (exact) mass is 406 g/mol. The molecule has 3 rings (SSSR count). The number of rotatable bonds is 5. The van der Waals surface area contributed by atoms with Crippen molar-refractivity contribution in [3.05, 3.63) is 27.5 Å². The number of ether oxygens (including phenoxy) is 1. The van der Waals surface area contributed by atoms with Crippen molar-refractivity contribution in [3.8, 4) is 0 Å². The third kappa shape index (κ3) is 3.93. The van der Waals surface area contributed by atoms with E-state index in [9.17, 15) is 9.59 Å². The smallest absolute Gasteiger partial charge is 0.337 e. The lowest BCUT2D eigenvalue weighted by Crippen LogP contribution is -2.49. The van der Waals surface area contributed by atoms with Crippen molar-refractivity contribution in [1.29, 1.82) is 0 Å². The predicted octanol–water partition coefficient (Wildman–Crippen LogP) is 3.23. The van der Waals surface area contributed by atoms with Gasteiger partial charge >= 0.3 is 12.0 Å². The molecule has 27 heavy (non-hydrogen) atoms. The van der Waals surface area contributed by atoms with E-state index in [0.717, 1.165) is 15.2 Å². The number of esters is 1. The molecule has 0 saturated heterocycles. The summed E-state index contributed by atoms with van der Waals surface area (Å²) in [7, 11) is 0. The van der Waals surface area contributed by atoms with Gasteiger partial charge in [0.2, 0.25) is 0 Å². The van der Waals surface area contributed by atoms with Crippen LogP contribution in [-0.4, -0.2) is 40.4 Å². The second-order valence-electron chi connectivity index (χ2n) is 6.26. The average molecular weight is 407 g/mol. The average Bonchev–Trinajstić information content (AvgIpc) is 2.86. The first-order valence-corrected chi connectivity index (χ1v) is 10.5. The van der Waals surface area contributed by atoms with Gasteiger partial charge in [-0.15, -0.1) is 11.3 Å². The molecule has 1 atom stereocenters. The first-order chi connectivity index (χ1) is 12.8. The highest BCUT2D eigenvalue weighted by atomic mass is 32.2. The van der Waals surface area contributed by atoms with E-state index in [-0.39, 0.29) is 12.6 Å². The molecular weight excluding hydrogens is 384 g/mol. The fourth-order valence-electron chi connectivity index (χ4n) is 2.95. The molecule has 2 aromatic rings. The zero-order valence-electron chi connectivity index (χ0n) is 15.9. The number of thiophene rings is 1. The molecule has 2 amide bonds. The fraction of sp³-hybridized carbons (Fsp3) is 0.444. The summed E-state index contributed by atoms with van der Waals surface area (Å²) in [5, 5.41) is 7.36. The normalized spacial score (nSPS) is 17.1. The van der Waals surface area contributed by atoms with Crippen LogP contribution in [0.4, 0.5) is 4.79 Å². The second-order valence-corrected chi connectivity index (χ2v) is 8.43. The van der Waals surface area contributed by atoms with Gasteiger partial charge in [0.05, 0.1) is 18.2 Å². The molecule has 9 heteroatoms. The third-order valence-corrected chi connectivity index (χ3v) is 6.43. The van der Waals surface area contributed by atoms with Crippen LogP contribution >= 0.6 is 23.1 Å². The SMILES string of the molecule is CCOC(=O)C1=C(CSc2nc(C)nc3sc(C)c(C)c23)NC(=O)N[C@@H]1C. The standard InChI is InChI=1S/C18H22N4O3S2/c1-6-25-17(23)14-9(3)19-18(24)22-12(14)7-26-15-13-8(2)10(4)27-16(13)21-11(5)20-15/h9H,6-7H2,1-5H3,(H2,19,22,24)/t9-/m1/s1. The summed E-state index contributed by atoms with van der Waals surface area (Å²) in [6.07, 6.45) is 0. The van der Waals surface area contributed by atoms with E-state index >= 15 is 0 Å². The Morgan fingerprint density at radius 2 is 2.04 bits per heavy atom. The Bertz CT molecular complexity index is 952. The van der Waals surface area contributed by atoms with Crippen LogP contribution in [0.2, 0.25) is 0 Å². The van der Waals surface area contributed by atoms with Gasteiger partial charge in [0.25, 0.3) is 0 Å². The summed E-state index contributed by atoms with van der Waals surface area (Å²) < 4.78 is 5.16. The zero-order valence-corrected chi connectivity index (χ0v) is 17.6. The minimum absolute atomic E-state index is 0.280. The van der Waals surface area contributed by atoms with Crippen LogP contribution in [0.25, 0.3) is 10.2 Å². The Balaban J connectivity index is 1.96. The lowest BCUT2D eigenvalue weighted by molar-refractivity contribution is -0.138. The van der Waals surface area contributed by atoms with Crippen molar-refractivity contribution in [1.82, 2.24) is 20.6 Å². The summed E-state index contributed by atoms with van der Waals surface area (Å²) in [5.74, 6) is 0.694. The number of amides is 2. The maximum Gasteiger partial charge on any atom is 0.337 e. The number of carbonyl (C=O) groups excluding carboxylic acids is 2. The van der Waals surface area contributed by atoms with Crippen LogP contribution in [-0.2, 0) is 9.53 Å². The predicted molar refractivity (Wildman–Crippen MR) is 107 cm³/mol. The summed E-state index contributed by atoms with van der Waals surface area (Å²) in [6.45, 7) is 9.81. The van der Waals surface area contributed by atoms with E-state index in [1.54, 1.807) is 25.2 Å². The van der Waals surface area contributed by atoms with Gasteiger partial charge in [-0.3, -0.25) is 0 Å². The van der Waals surface area contributed by atoms with E-state index in [4.69, 9.17) is 4.74 Å². The molecule has 0 radical (unpaired) electrons. The van der Waals surface area contributed by atoms with Crippen LogP contribution in [0, 0.1) is 20.8 Å². The molecule has 3 heterocycles. The Labute approximate surface area is 166 Å². The van der Waals surface area contributed by atoms with Crippen molar-refractivity contribution >= 4 is 45.3 Å². The van der Waals surface area contributed by atoms with Gasteiger partial charge in [-0.05, 0) is 40.2 Å². The van der Waals surface area contributed by atoms with Crippen molar-refractivity contribution < 1.29 is 14.3 Å². The highest BCUT2D eigenvalue weighted by molar-refractivity contribution is 7.99. The number of aromatic nitrogens is 2. The third-order valence-electron chi connectivity index (χ3n) is 4.33. The van der Waals surface area contributed by atoms with Gasteiger partial charge in [0.15, 0.2) is 0 Å². The van der Waals surface area contributed by atoms with Gasteiger partial charge in [-0.2, -0.15) is 0 Å². The van der Waals surface area contributed by atoms with Gasteiger partial charge < -0.3 is 15.4 Å². The maximum absolute atomic E-state index is 12.4. The lowest BCUT2D eigenvalue weighted by Gasteiger charge is -2.26. The van der Waals surface area contributed by atoms with Gasteiger partial charge in [-0.1, -0.05) is 11.8 Å². The molecule has 0 spiro atoms. The van der Waals surface area contributed by atoms with Crippen LogP contribution in [0.15, 0.2) is 16.3 Å². The van der Waals surface area contributed by atoms with E-state index < -0.39 is 12.0 Å². The number of nitrogens with one attached hydrogen (secondary N) is 2. The van der Waals surface area contributed by atoms with Crippen LogP contribution in [0.1, 0.15) is 30.1 Å². The Hall–Kier alpha value is -2.13. The van der Waals surface area contributed by atoms with E-state index in [0.29, 0.717) is 22.8 Å². The largest absolute Gasteiger partial charge is 0.463 e. The van der Waals surface area contributed by atoms with Gasteiger partial charge in [0.1, 0.15) is 15.7 Å². The number of urea groups is 1. The molecule has 0 aliphatic carbocycles. The van der Waals surface area contributed by atoms with Crippen molar-refractivity contribution in [2.45, 2.75) is 45.7 Å². The molecule has 0 fully saturated rings. The molecule has 0 aromatic carbocycles. The second kappa shape index (κ2) is 7.85. The number of thioether (sulfide) groups is 1. The number of aryl methyl sites for hydroxylation is 3. The number of hydrogen-bond acceptors (Lipinski definition) is 7. The maximum atomic E-state index is 12.4. The van der Waals surface area contributed by atoms with Gasteiger partial charge in [-0.25, -0.2) is 19.6 Å². The number of nitrogens with zero attached hydrogens (tertiary/aromatic N) is 2. The Morgan fingerprint density at radius 3 is 2.74 bits per heavy atom. The first-order valence-electron chi connectivity index (χ1n) is 8.66. The minimum Gasteiger partial charge on any atom is -0.463 e. The number of carbonyl (C=O) groups is 2. The quantitative estimate of drug-likeness (QED) is 0.450. The molecule has 1 aliphatic rings. The van der Waals surface area contributed by atoms with Crippen LogP contribution in [0.3, 0.4) is 0 Å². The Kier molecular flexibility index (Phi) is 5.71. The fourth-order valence-corrected chi connectivity index (χ4v) is 5.19. The van der Waals surface area contributed by atoms with Crippen LogP contribution in [0.5, 0.6) is 0 Å².